The van der Waals surface area contributed by atoms with Crippen LogP contribution in [0.25, 0.3) is 0 Å². The maximum atomic E-state index is 5.70. The molecule has 0 radical (unpaired) electrons. The average Bonchev–Trinajstić information content (AvgIpc) is 2.74. The zero-order valence-electron chi connectivity index (χ0n) is 8.79. The van der Waals surface area contributed by atoms with Crippen molar-refractivity contribution >= 4 is 11.6 Å². The summed E-state index contributed by atoms with van der Waals surface area (Å²) >= 11 is 5.70. The summed E-state index contributed by atoms with van der Waals surface area (Å²) in [6.07, 6.45) is 7.18. The van der Waals surface area contributed by atoms with Gasteiger partial charge in [-0.25, -0.2) is 4.98 Å². The number of pyridine rings is 1. The van der Waals surface area contributed by atoms with Crippen LogP contribution in [0.2, 0.25) is 5.15 Å². The highest BCUT2D eigenvalue weighted by atomic mass is 35.5. The van der Waals surface area contributed by atoms with Crippen LogP contribution in [0.1, 0.15) is 31.2 Å². The highest BCUT2D eigenvalue weighted by molar-refractivity contribution is 6.29. The van der Waals surface area contributed by atoms with Gasteiger partial charge in [-0.15, -0.1) is 0 Å². The molecule has 1 aromatic rings. The highest BCUT2D eigenvalue weighted by Gasteiger charge is 2.14. The lowest BCUT2D eigenvalue weighted by Crippen LogP contribution is -2.05. The molecular formula is C12H16ClNO. The van der Waals surface area contributed by atoms with E-state index in [-0.39, 0.29) is 0 Å². The Morgan fingerprint density at radius 3 is 2.80 bits per heavy atom. The Hall–Kier alpha value is -0.600. The van der Waals surface area contributed by atoms with Gasteiger partial charge in [-0.05, 0) is 30.4 Å². The number of nitrogens with zero attached hydrogens (tertiary/aromatic N) is 1. The molecule has 82 valence electrons. The van der Waals surface area contributed by atoms with Crippen LogP contribution in [-0.2, 0) is 11.3 Å². The molecule has 0 aromatic carbocycles. The molecule has 3 heteroatoms. The van der Waals surface area contributed by atoms with Crippen LogP contribution >= 0.6 is 11.6 Å². The van der Waals surface area contributed by atoms with Gasteiger partial charge in [0.25, 0.3) is 0 Å². The summed E-state index contributed by atoms with van der Waals surface area (Å²) in [5.74, 6) is 0.783. The molecule has 0 spiro atoms. The fourth-order valence-corrected chi connectivity index (χ4v) is 2.12. The van der Waals surface area contributed by atoms with Crippen LogP contribution in [0, 0.1) is 5.92 Å². The first-order chi connectivity index (χ1) is 7.34. The zero-order chi connectivity index (χ0) is 10.5. The van der Waals surface area contributed by atoms with Gasteiger partial charge in [-0.2, -0.15) is 0 Å². The van der Waals surface area contributed by atoms with Crippen molar-refractivity contribution in [2.24, 2.45) is 5.92 Å². The van der Waals surface area contributed by atoms with E-state index in [9.17, 15) is 0 Å². The van der Waals surface area contributed by atoms with E-state index < -0.39 is 0 Å². The summed E-state index contributed by atoms with van der Waals surface area (Å²) < 4.78 is 5.66. The molecule has 0 atom stereocenters. The van der Waals surface area contributed by atoms with Crippen molar-refractivity contribution in [1.82, 2.24) is 4.98 Å². The average molecular weight is 226 g/mol. The Morgan fingerprint density at radius 2 is 2.13 bits per heavy atom. The molecule has 1 aromatic heterocycles. The number of hydrogen-bond donors (Lipinski definition) is 0. The lowest BCUT2D eigenvalue weighted by Gasteiger charge is -2.09. The van der Waals surface area contributed by atoms with E-state index in [1.54, 1.807) is 12.3 Å². The van der Waals surface area contributed by atoms with Gasteiger partial charge in [0.15, 0.2) is 0 Å². The zero-order valence-corrected chi connectivity index (χ0v) is 9.54. The van der Waals surface area contributed by atoms with E-state index in [1.165, 1.54) is 25.7 Å². The first-order valence-corrected chi connectivity index (χ1v) is 5.90. The highest BCUT2D eigenvalue weighted by Crippen LogP contribution is 2.24. The number of rotatable bonds is 4. The standard InChI is InChI=1S/C12H16ClNO/c13-12-6-5-11(7-14-12)9-15-8-10-3-1-2-4-10/h5-7,10H,1-4,8-9H2. The van der Waals surface area contributed by atoms with Crippen LogP contribution in [-0.4, -0.2) is 11.6 Å². The molecule has 0 N–H and O–H groups in total. The third kappa shape index (κ3) is 3.47. The Labute approximate surface area is 95.6 Å². The van der Waals surface area contributed by atoms with E-state index >= 15 is 0 Å². The maximum Gasteiger partial charge on any atom is 0.129 e. The molecule has 0 unspecified atom stereocenters. The molecule has 0 amide bonds. The smallest absolute Gasteiger partial charge is 0.129 e. The molecule has 2 nitrogen and oxygen atoms in total. The molecule has 1 fully saturated rings. The van der Waals surface area contributed by atoms with Gasteiger partial charge < -0.3 is 4.74 Å². The van der Waals surface area contributed by atoms with Crippen LogP contribution < -0.4 is 0 Å². The summed E-state index contributed by atoms with van der Waals surface area (Å²) in [7, 11) is 0. The van der Waals surface area contributed by atoms with Gasteiger partial charge in [-0.3, -0.25) is 0 Å². The number of hydrogen-bond acceptors (Lipinski definition) is 2. The van der Waals surface area contributed by atoms with E-state index in [2.05, 4.69) is 4.98 Å². The van der Waals surface area contributed by atoms with Gasteiger partial charge in [0.2, 0.25) is 0 Å². The SMILES string of the molecule is Clc1ccc(COCC2CCCC2)cn1. The minimum Gasteiger partial charge on any atom is -0.376 e. The molecule has 15 heavy (non-hydrogen) atoms. The van der Waals surface area contributed by atoms with Gasteiger partial charge >= 0.3 is 0 Å². The fraction of sp³-hybridized carbons (Fsp3) is 0.583. The van der Waals surface area contributed by atoms with E-state index in [1.807, 2.05) is 6.07 Å². The van der Waals surface area contributed by atoms with Crippen molar-refractivity contribution in [3.63, 3.8) is 0 Å². The molecule has 1 aliphatic carbocycles. The van der Waals surface area contributed by atoms with E-state index in [4.69, 9.17) is 16.3 Å². The van der Waals surface area contributed by atoms with Gasteiger partial charge in [0, 0.05) is 12.8 Å². The Kier molecular flexibility index (Phi) is 3.98. The summed E-state index contributed by atoms with van der Waals surface area (Å²) in [6, 6.07) is 3.76. The minimum absolute atomic E-state index is 0.537. The van der Waals surface area contributed by atoms with Crippen molar-refractivity contribution in [2.75, 3.05) is 6.61 Å². The van der Waals surface area contributed by atoms with Crippen molar-refractivity contribution < 1.29 is 4.74 Å². The molecule has 1 heterocycles. The summed E-state index contributed by atoms with van der Waals surface area (Å²) in [4.78, 5) is 4.01. The summed E-state index contributed by atoms with van der Waals surface area (Å²) in [5.41, 5.74) is 1.09. The molecule has 0 bridgehead atoms. The van der Waals surface area contributed by atoms with Crippen molar-refractivity contribution in [3.8, 4) is 0 Å². The van der Waals surface area contributed by atoms with Crippen molar-refractivity contribution in [3.05, 3.63) is 29.0 Å². The predicted octanol–water partition coefficient (Wildman–Crippen LogP) is 3.44. The third-order valence-electron chi connectivity index (χ3n) is 2.89. The van der Waals surface area contributed by atoms with E-state index in [0.29, 0.717) is 11.8 Å². The topological polar surface area (TPSA) is 22.1 Å². The van der Waals surface area contributed by atoms with Crippen molar-refractivity contribution in [2.45, 2.75) is 32.3 Å². The lowest BCUT2D eigenvalue weighted by atomic mass is 10.1. The first kappa shape index (κ1) is 10.9. The molecule has 2 rings (SSSR count). The van der Waals surface area contributed by atoms with Crippen LogP contribution in [0.3, 0.4) is 0 Å². The van der Waals surface area contributed by atoms with Gasteiger partial charge in [-0.1, -0.05) is 30.5 Å². The largest absolute Gasteiger partial charge is 0.376 e. The monoisotopic (exact) mass is 225 g/mol. The van der Waals surface area contributed by atoms with Crippen LogP contribution in [0.15, 0.2) is 18.3 Å². The lowest BCUT2D eigenvalue weighted by molar-refractivity contribution is 0.0887. The second-order valence-corrected chi connectivity index (χ2v) is 4.54. The second kappa shape index (κ2) is 5.47. The van der Waals surface area contributed by atoms with Gasteiger partial charge in [0.05, 0.1) is 6.61 Å². The number of ether oxygens (including phenoxy) is 1. The number of halogens is 1. The van der Waals surface area contributed by atoms with Crippen molar-refractivity contribution in [1.29, 1.82) is 0 Å². The first-order valence-electron chi connectivity index (χ1n) is 5.53. The Morgan fingerprint density at radius 1 is 1.33 bits per heavy atom. The van der Waals surface area contributed by atoms with E-state index in [0.717, 1.165) is 18.1 Å². The fourth-order valence-electron chi connectivity index (χ4n) is 2.01. The minimum atomic E-state index is 0.537. The molecular weight excluding hydrogens is 210 g/mol. The molecule has 1 aliphatic rings. The van der Waals surface area contributed by atoms with Gasteiger partial charge in [0.1, 0.15) is 5.15 Å². The normalized spacial score (nSPS) is 17.1. The summed E-state index contributed by atoms with van der Waals surface area (Å²) in [5, 5.41) is 0.537. The predicted molar refractivity (Wildman–Crippen MR) is 60.9 cm³/mol. The van der Waals surface area contributed by atoms with Crippen LogP contribution in [0.5, 0.6) is 0 Å². The molecule has 0 saturated heterocycles. The molecule has 0 aliphatic heterocycles. The number of aromatic nitrogens is 1. The maximum absolute atomic E-state index is 5.70. The quantitative estimate of drug-likeness (QED) is 0.733. The molecule has 1 saturated carbocycles. The Bertz CT molecular complexity index is 293. The second-order valence-electron chi connectivity index (χ2n) is 4.15. The summed E-state index contributed by atoms with van der Waals surface area (Å²) in [6.45, 7) is 1.54. The third-order valence-corrected chi connectivity index (χ3v) is 3.11. The van der Waals surface area contributed by atoms with Crippen LogP contribution in [0.4, 0.5) is 0 Å². The Balaban J connectivity index is 1.71.